The zero-order valence-electron chi connectivity index (χ0n) is 8.59. The molecular formula is C10H12Cl2N2O. The second kappa shape index (κ2) is 3.30. The highest BCUT2D eigenvalue weighted by molar-refractivity contribution is 6.34. The van der Waals surface area contributed by atoms with Gasteiger partial charge in [0.15, 0.2) is 0 Å². The minimum Gasteiger partial charge on any atom is -0.395 e. The molecule has 1 atom stereocenters. The molecule has 5 heteroatoms. The van der Waals surface area contributed by atoms with Gasteiger partial charge in [0, 0.05) is 11.0 Å². The predicted octanol–water partition coefficient (Wildman–Crippen LogP) is 2.44. The van der Waals surface area contributed by atoms with Gasteiger partial charge < -0.3 is 5.11 Å². The van der Waals surface area contributed by atoms with E-state index in [1.165, 1.54) is 6.33 Å². The lowest BCUT2D eigenvalue weighted by Crippen LogP contribution is -2.21. The zero-order valence-corrected chi connectivity index (χ0v) is 10.1. The first-order valence-corrected chi connectivity index (χ1v) is 5.47. The number of aromatic nitrogens is 2. The number of halogens is 2. The van der Waals surface area contributed by atoms with Crippen LogP contribution in [0.25, 0.3) is 0 Å². The van der Waals surface area contributed by atoms with Crippen LogP contribution in [0.3, 0.4) is 0 Å². The van der Waals surface area contributed by atoms with Crippen molar-refractivity contribution in [2.75, 3.05) is 6.61 Å². The average Bonchev–Trinajstić information content (AvgIpc) is 2.69. The highest BCUT2D eigenvalue weighted by Crippen LogP contribution is 2.65. The number of hydrogen-bond acceptors (Lipinski definition) is 3. The first-order valence-electron chi connectivity index (χ1n) is 4.72. The lowest BCUT2D eigenvalue weighted by molar-refractivity contribution is 0.231. The van der Waals surface area contributed by atoms with Gasteiger partial charge in [-0.15, -0.1) is 0 Å². The summed E-state index contributed by atoms with van der Waals surface area (Å²) >= 11 is 12.0. The second-order valence-corrected chi connectivity index (χ2v) is 5.35. The summed E-state index contributed by atoms with van der Waals surface area (Å²) in [5.41, 5.74) is 0.308. The summed E-state index contributed by atoms with van der Waals surface area (Å²) in [5, 5.41) is 10.2. The van der Waals surface area contributed by atoms with Crippen molar-refractivity contribution in [1.29, 1.82) is 0 Å². The van der Waals surface area contributed by atoms with Crippen LogP contribution in [0.15, 0.2) is 6.33 Å². The van der Waals surface area contributed by atoms with E-state index in [4.69, 9.17) is 23.2 Å². The smallest absolute Gasteiger partial charge is 0.137 e. The van der Waals surface area contributed by atoms with E-state index in [-0.39, 0.29) is 17.4 Å². The number of hydrogen-bond donors (Lipinski definition) is 1. The average molecular weight is 247 g/mol. The maximum Gasteiger partial charge on any atom is 0.137 e. The lowest BCUT2D eigenvalue weighted by atomic mass is 9.90. The van der Waals surface area contributed by atoms with Gasteiger partial charge in [-0.2, -0.15) is 0 Å². The molecule has 1 aliphatic carbocycles. The van der Waals surface area contributed by atoms with Gasteiger partial charge in [0.05, 0.1) is 6.61 Å². The fourth-order valence-electron chi connectivity index (χ4n) is 2.23. The Morgan fingerprint density at radius 3 is 2.13 bits per heavy atom. The van der Waals surface area contributed by atoms with Gasteiger partial charge in [-0.25, -0.2) is 9.97 Å². The van der Waals surface area contributed by atoms with Gasteiger partial charge in [-0.1, -0.05) is 37.0 Å². The number of aliphatic hydroxyl groups excluding tert-OH is 1. The molecule has 0 aromatic carbocycles. The number of nitrogens with zero attached hydrogens (tertiary/aromatic N) is 2. The van der Waals surface area contributed by atoms with Crippen molar-refractivity contribution in [2.45, 2.75) is 25.7 Å². The van der Waals surface area contributed by atoms with Gasteiger partial charge >= 0.3 is 0 Å². The molecule has 0 amide bonds. The van der Waals surface area contributed by atoms with Gasteiger partial charge in [-0.05, 0) is 11.8 Å². The van der Waals surface area contributed by atoms with E-state index in [0.29, 0.717) is 15.9 Å². The Kier molecular flexibility index (Phi) is 2.45. The molecule has 1 heterocycles. The van der Waals surface area contributed by atoms with Crippen LogP contribution in [-0.2, 0) is 5.41 Å². The van der Waals surface area contributed by atoms with Crippen LogP contribution >= 0.6 is 23.2 Å². The molecule has 0 bridgehead atoms. The van der Waals surface area contributed by atoms with Crippen LogP contribution in [-0.4, -0.2) is 21.7 Å². The van der Waals surface area contributed by atoms with Crippen molar-refractivity contribution in [2.24, 2.45) is 5.41 Å². The Bertz CT molecular complexity index is 388. The molecule has 1 aromatic heterocycles. The van der Waals surface area contributed by atoms with Crippen LogP contribution in [0.1, 0.15) is 25.8 Å². The first kappa shape index (κ1) is 11.1. The van der Waals surface area contributed by atoms with E-state index in [0.717, 1.165) is 6.42 Å². The Hall–Kier alpha value is -0.380. The van der Waals surface area contributed by atoms with E-state index >= 15 is 0 Å². The Labute approximate surface area is 98.5 Å². The van der Waals surface area contributed by atoms with Crippen LogP contribution in [0.5, 0.6) is 0 Å². The molecule has 0 radical (unpaired) electrons. The van der Waals surface area contributed by atoms with Gasteiger partial charge in [0.25, 0.3) is 0 Å². The van der Waals surface area contributed by atoms with Crippen molar-refractivity contribution in [3.63, 3.8) is 0 Å². The summed E-state index contributed by atoms with van der Waals surface area (Å²) < 4.78 is 0. The van der Waals surface area contributed by atoms with E-state index in [1.807, 2.05) is 0 Å². The second-order valence-electron chi connectivity index (χ2n) is 4.63. The van der Waals surface area contributed by atoms with Crippen LogP contribution in [0, 0.1) is 5.41 Å². The van der Waals surface area contributed by atoms with Crippen molar-refractivity contribution in [1.82, 2.24) is 9.97 Å². The molecule has 15 heavy (non-hydrogen) atoms. The molecule has 3 nitrogen and oxygen atoms in total. The molecule has 1 aliphatic rings. The highest BCUT2D eigenvalue weighted by atomic mass is 35.5. The maximum absolute atomic E-state index is 9.52. The van der Waals surface area contributed by atoms with Gasteiger partial charge in [0.2, 0.25) is 0 Å². The quantitative estimate of drug-likeness (QED) is 0.816. The van der Waals surface area contributed by atoms with E-state index < -0.39 is 0 Å². The SMILES string of the molecule is CC1(C)CC1(CO)c1c(Cl)ncnc1Cl. The summed E-state index contributed by atoms with van der Waals surface area (Å²) in [7, 11) is 0. The van der Waals surface area contributed by atoms with Crippen molar-refractivity contribution < 1.29 is 5.11 Å². The molecule has 1 fully saturated rings. The number of rotatable bonds is 2. The highest BCUT2D eigenvalue weighted by Gasteiger charge is 2.63. The Balaban J connectivity index is 2.55. The monoisotopic (exact) mass is 246 g/mol. The van der Waals surface area contributed by atoms with E-state index in [2.05, 4.69) is 23.8 Å². The summed E-state index contributed by atoms with van der Waals surface area (Å²) in [5.74, 6) is 0. The largest absolute Gasteiger partial charge is 0.395 e. The fourth-order valence-corrected chi connectivity index (χ4v) is 2.90. The molecule has 82 valence electrons. The molecule has 1 aromatic rings. The third-order valence-corrected chi connectivity index (χ3v) is 3.99. The van der Waals surface area contributed by atoms with Gasteiger partial charge in [0.1, 0.15) is 16.6 Å². The van der Waals surface area contributed by atoms with Crippen molar-refractivity contribution in [3.05, 3.63) is 22.2 Å². The summed E-state index contributed by atoms with van der Waals surface area (Å²) in [4.78, 5) is 7.84. The minimum absolute atomic E-state index is 0.000255. The maximum atomic E-state index is 9.52. The van der Waals surface area contributed by atoms with E-state index in [9.17, 15) is 5.11 Å². The molecule has 1 unspecified atom stereocenters. The van der Waals surface area contributed by atoms with Crippen LogP contribution < -0.4 is 0 Å². The molecule has 1 saturated carbocycles. The summed E-state index contributed by atoms with van der Waals surface area (Å²) in [6.45, 7) is 4.17. The van der Waals surface area contributed by atoms with Crippen molar-refractivity contribution >= 4 is 23.2 Å². The van der Waals surface area contributed by atoms with Crippen LogP contribution in [0.4, 0.5) is 0 Å². The molecule has 0 saturated heterocycles. The fraction of sp³-hybridized carbons (Fsp3) is 0.600. The Morgan fingerprint density at radius 2 is 1.80 bits per heavy atom. The minimum atomic E-state index is -0.373. The standard InChI is InChI=1S/C10H12Cl2N2O/c1-9(2)3-10(9,4-15)6-7(11)13-5-14-8(6)12/h5,15H,3-4H2,1-2H3. The van der Waals surface area contributed by atoms with Gasteiger partial charge in [-0.3, -0.25) is 0 Å². The summed E-state index contributed by atoms with van der Waals surface area (Å²) in [6.07, 6.45) is 2.18. The zero-order chi connectivity index (χ0) is 11.3. The third kappa shape index (κ3) is 1.45. The first-order chi connectivity index (χ1) is 6.94. The molecule has 0 spiro atoms. The van der Waals surface area contributed by atoms with E-state index in [1.54, 1.807) is 0 Å². The lowest BCUT2D eigenvalue weighted by Gasteiger charge is -2.19. The van der Waals surface area contributed by atoms with Crippen LogP contribution in [0.2, 0.25) is 10.3 Å². The normalized spacial score (nSPS) is 27.8. The number of aliphatic hydroxyl groups is 1. The molecule has 2 rings (SSSR count). The third-order valence-electron chi connectivity index (χ3n) is 3.42. The van der Waals surface area contributed by atoms with Crippen molar-refractivity contribution in [3.8, 4) is 0 Å². The predicted molar refractivity (Wildman–Crippen MR) is 59.2 cm³/mol. The molecule has 0 aliphatic heterocycles. The summed E-state index contributed by atoms with van der Waals surface area (Å²) in [6, 6.07) is 0. The Morgan fingerprint density at radius 1 is 1.33 bits per heavy atom. The molecular weight excluding hydrogens is 235 g/mol. The topological polar surface area (TPSA) is 46.0 Å². The molecule has 1 N–H and O–H groups in total.